The number of thiazole rings is 1. The van der Waals surface area contributed by atoms with Gasteiger partial charge in [0.2, 0.25) is 0 Å². The van der Waals surface area contributed by atoms with Crippen molar-refractivity contribution < 1.29 is 9.90 Å². The van der Waals surface area contributed by atoms with Crippen LogP contribution in [0.2, 0.25) is 0 Å². The monoisotopic (exact) mass is 187 g/mol. The van der Waals surface area contributed by atoms with Gasteiger partial charge in [-0.15, -0.1) is 11.3 Å². The molecular formula is C6H9N3O2S. The zero-order valence-electron chi connectivity index (χ0n) is 6.23. The summed E-state index contributed by atoms with van der Waals surface area (Å²) in [7, 11) is 0. The van der Waals surface area contributed by atoms with Crippen LogP contribution in [0.3, 0.4) is 0 Å². The Bertz CT molecular complexity index is 286. The first-order valence-corrected chi connectivity index (χ1v) is 4.16. The first-order valence-electron chi connectivity index (χ1n) is 3.28. The Morgan fingerprint density at radius 3 is 2.92 bits per heavy atom. The van der Waals surface area contributed by atoms with Crippen LogP contribution in [0.1, 0.15) is 5.69 Å². The van der Waals surface area contributed by atoms with Gasteiger partial charge in [-0.3, -0.25) is 4.79 Å². The van der Waals surface area contributed by atoms with Gasteiger partial charge in [-0.05, 0) is 0 Å². The van der Waals surface area contributed by atoms with E-state index in [0.717, 1.165) is 0 Å². The number of aliphatic carboxylic acids is 1. The molecule has 5 nitrogen and oxygen atoms in total. The predicted molar refractivity (Wildman–Crippen MR) is 45.8 cm³/mol. The molecule has 66 valence electrons. The molecule has 0 saturated heterocycles. The summed E-state index contributed by atoms with van der Waals surface area (Å²) in [4.78, 5) is 14.2. The van der Waals surface area contributed by atoms with Crippen molar-refractivity contribution >= 4 is 22.4 Å². The number of carboxylic acids is 1. The Kier molecular flexibility index (Phi) is 2.61. The van der Waals surface area contributed by atoms with E-state index in [4.69, 9.17) is 16.6 Å². The Morgan fingerprint density at radius 2 is 2.50 bits per heavy atom. The molecule has 5 N–H and O–H groups in total. The molecule has 1 atom stereocenters. The summed E-state index contributed by atoms with van der Waals surface area (Å²) in [5, 5.41) is 10.6. The van der Waals surface area contributed by atoms with E-state index in [1.807, 2.05) is 0 Å². The fourth-order valence-electron chi connectivity index (χ4n) is 0.729. The van der Waals surface area contributed by atoms with Gasteiger partial charge in [0.05, 0.1) is 5.69 Å². The Hall–Kier alpha value is -1.14. The molecule has 0 aliphatic carbocycles. The van der Waals surface area contributed by atoms with Crippen LogP contribution in [0.4, 0.5) is 5.13 Å². The maximum atomic E-state index is 10.3. The highest BCUT2D eigenvalue weighted by Crippen LogP contribution is 2.11. The average molecular weight is 187 g/mol. The third-order valence-corrected chi connectivity index (χ3v) is 2.04. The molecule has 0 bridgehead atoms. The molecule has 0 unspecified atom stereocenters. The van der Waals surface area contributed by atoms with Crippen molar-refractivity contribution in [2.75, 3.05) is 5.73 Å². The molecule has 0 spiro atoms. The second kappa shape index (κ2) is 3.51. The van der Waals surface area contributed by atoms with Gasteiger partial charge in [-0.1, -0.05) is 0 Å². The summed E-state index contributed by atoms with van der Waals surface area (Å²) in [6, 6.07) is -0.897. The molecule has 0 radical (unpaired) electrons. The summed E-state index contributed by atoms with van der Waals surface area (Å²) < 4.78 is 0. The molecule has 1 aromatic heterocycles. The average Bonchev–Trinajstić information content (AvgIpc) is 2.35. The third kappa shape index (κ3) is 2.18. The van der Waals surface area contributed by atoms with E-state index in [1.54, 1.807) is 5.38 Å². The van der Waals surface area contributed by atoms with Gasteiger partial charge in [0.15, 0.2) is 5.13 Å². The summed E-state index contributed by atoms with van der Waals surface area (Å²) >= 11 is 1.28. The molecule has 0 fully saturated rings. The lowest BCUT2D eigenvalue weighted by atomic mass is 10.2. The number of anilines is 1. The van der Waals surface area contributed by atoms with Crippen molar-refractivity contribution in [1.29, 1.82) is 0 Å². The number of nitrogens with zero attached hydrogens (tertiary/aromatic N) is 1. The van der Waals surface area contributed by atoms with Crippen molar-refractivity contribution in [3.05, 3.63) is 11.1 Å². The van der Waals surface area contributed by atoms with Gasteiger partial charge in [-0.2, -0.15) is 0 Å². The molecule has 0 aromatic carbocycles. The highest BCUT2D eigenvalue weighted by molar-refractivity contribution is 7.13. The van der Waals surface area contributed by atoms with Crippen LogP contribution in [-0.2, 0) is 11.2 Å². The zero-order valence-corrected chi connectivity index (χ0v) is 7.04. The molecule has 1 aromatic rings. The molecule has 0 amide bonds. The number of carboxylic acid groups (broad SMARTS) is 1. The number of carbonyl (C=O) groups is 1. The van der Waals surface area contributed by atoms with E-state index in [-0.39, 0.29) is 6.42 Å². The van der Waals surface area contributed by atoms with Crippen LogP contribution >= 0.6 is 11.3 Å². The van der Waals surface area contributed by atoms with E-state index in [1.165, 1.54) is 11.3 Å². The topological polar surface area (TPSA) is 102 Å². The molecule has 6 heteroatoms. The number of rotatable bonds is 3. The van der Waals surface area contributed by atoms with Crippen LogP contribution in [0, 0.1) is 0 Å². The summed E-state index contributed by atoms with van der Waals surface area (Å²) in [5.41, 5.74) is 11.3. The van der Waals surface area contributed by atoms with Crippen molar-refractivity contribution in [1.82, 2.24) is 4.98 Å². The first kappa shape index (κ1) is 8.95. The van der Waals surface area contributed by atoms with Crippen LogP contribution in [0.15, 0.2) is 5.38 Å². The minimum absolute atomic E-state index is 0.225. The predicted octanol–water partition coefficient (Wildman–Crippen LogP) is -0.320. The minimum atomic E-state index is -1.03. The van der Waals surface area contributed by atoms with E-state index < -0.39 is 12.0 Å². The molecule has 0 saturated carbocycles. The summed E-state index contributed by atoms with van der Waals surface area (Å²) in [6.07, 6.45) is 0.225. The minimum Gasteiger partial charge on any atom is -0.480 e. The fraction of sp³-hybridized carbons (Fsp3) is 0.333. The lowest BCUT2D eigenvalue weighted by molar-refractivity contribution is -0.138. The van der Waals surface area contributed by atoms with E-state index >= 15 is 0 Å². The maximum Gasteiger partial charge on any atom is 0.320 e. The van der Waals surface area contributed by atoms with Gasteiger partial charge >= 0.3 is 5.97 Å². The molecular weight excluding hydrogens is 178 g/mol. The Labute approximate surface area is 73.0 Å². The van der Waals surface area contributed by atoms with Crippen LogP contribution in [-0.4, -0.2) is 22.1 Å². The van der Waals surface area contributed by atoms with Crippen LogP contribution in [0.25, 0.3) is 0 Å². The van der Waals surface area contributed by atoms with Gasteiger partial charge in [-0.25, -0.2) is 4.98 Å². The van der Waals surface area contributed by atoms with Gasteiger partial charge < -0.3 is 16.6 Å². The lowest BCUT2D eigenvalue weighted by Gasteiger charge is -2.01. The van der Waals surface area contributed by atoms with Gasteiger partial charge in [0.1, 0.15) is 6.04 Å². The van der Waals surface area contributed by atoms with Gasteiger partial charge in [0.25, 0.3) is 0 Å². The number of nitrogens with two attached hydrogens (primary N) is 2. The van der Waals surface area contributed by atoms with Crippen molar-refractivity contribution in [3.8, 4) is 0 Å². The van der Waals surface area contributed by atoms with Crippen LogP contribution < -0.4 is 11.5 Å². The molecule has 1 rings (SSSR count). The van der Waals surface area contributed by atoms with Crippen LogP contribution in [0.5, 0.6) is 0 Å². The largest absolute Gasteiger partial charge is 0.480 e. The fourth-order valence-corrected chi connectivity index (χ4v) is 1.30. The van der Waals surface area contributed by atoms with Gasteiger partial charge in [0, 0.05) is 11.8 Å². The third-order valence-electron chi connectivity index (χ3n) is 1.32. The molecule has 0 aliphatic rings. The second-order valence-corrected chi connectivity index (χ2v) is 3.22. The number of aromatic nitrogens is 1. The van der Waals surface area contributed by atoms with Crippen molar-refractivity contribution in [2.45, 2.75) is 12.5 Å². The summed E-state index contributed by atoms with van der Waals surface area (Å²) in [6.45, 7) is 0. The van der Waals surface area contributed by atoms with Crippen molar-refractivity contribution in [3.63, 3.8) is 0 Å². The Morgan fingerprint density at radius 1 is 1.83 bits per heavy atom. The summed E-state index contributed by atoms with van der Waals surface area (Å²) in [5.74, 6) is -1.03. The smallest absolute Gasteiger partial charge is 0.320 e. The standard InChI is InChI=1S/C6H9N3O2S/c7-4(5(10)11)1-3-2-12-6(8)9-3/h2,4H,1,7H2,(H2,8,9)(H,10,11)/t4-/m1/s1. The SMILES string of the molecule is Nc1nc(C[C@@H](N)C(=O)O)cs1. The number of nitrogen functional groups attached to an aromatic ring is 1. The second-order valence-electron chi connectivity index (χ2n) is 2.33. The number of hydrogen-bond acceptors (Lipinski definition) is 5. The molecule has 12 heavy (non-hydrogen) atoms. The lowest BCUT2D eigenvalue weighted by Crippen LogP contribution is -2.32. The Balaban J connectivity index is 2.58. The first-order chi connectivity index (χ1) is 5.59. The van der Waals surface area contributed by atoms with E-state index in [9.17, 15) is 4.79 Å². The molecule has 1 heterocycles. The highest BCUT2D eigenvalue weighted by Gasteiger charge is 2.13. The maximum absolute atomic E-state index is 10.3. The van der Waals surface area contributed by atoms with E-state index in [2.05, 4.69) is 4.98 Å². The molecule has 0 aliphatic heterocycles. The van der Waals surface area contributed by atoms with E-state index in [0.29, 0.717) is 10.8 Å². The normalized spacial score (nSPS) is 12.8. The quantitative estimate of drug-likeness (QED) is 0.601. The highest BCUT2D eigenvalue weighted by atomic mass is 32.1. The number of hydrogen-bond donors (Lipinski definition) is 3. The zero-order chi connectivity index (χ0) is 9.14. The van der Waals surface area contributed by atoms with Crippen molar-refractivity contribution in [2.24, 2.45) is 5.73 Å².